The van der Waals surface area contributed by atoms with Crippen LogP contribution >= 0.6 is 0 Å². The molecular formula is C36H62O8. The molecule has 5 rings (SSSR count). The first-order chi connectivity index (χ1) is 20.4. The number of hydrogen-bond acceptors (Lipinski definition) is 8. The third-order valence-electron chi connectivity index (χ3n) is 14.6. The van der Waals surface area contributed by atoms with Gasteiger partial charge in [-0.1, -0.05) is 46.3 Å². The van der Waals surface area contributed by atoms with E-state index in [1.807, 2.05) is 0 Å². The third kappa shape index (κ3) is 5.17. The summed E-state index contributed by atoms with van der Waals surface area (Å²) in [6.45, 7) is 17.5. The molecule has 15 atom stereocenters. The Balaban J connectivity index is 1.49. The number of aliphatic hydroxyl groups excluding tert-OH is 6. The van der Waals surface area contributed by atoms with Gasteiger partial charge in [-0.25, -0.2) is 0 Å². The summed E-state index contributed by atoms with van der Waals surface area (Å²) in [5, 5.41) is 65.0. The fourth-order valence-corrected chi connectivity index (χ4v) is 11.8. The van der Waals surface area contributed by atoms with Gasteiger partial charge in [-0.05, 0) is 124 Å². The fraction of sp³-hybridized carbons (Fsp3) is 0.944. The van der Waals surface area contributed by atoms with Crippen LogP contribution in [0.1, 0.15) is 113 Å². The van der Waals surface area contributed by atoms with Crippen LogP contribution in [0.4, 0.5) is 0 Å². The molecule has 4 saturated carbocycles. The molecule has 0 radical (unpaired) electrons. The zero-order valence-electron chi connectivity index (χ0n) is 28.5. The molecule has 44 heavy (non-hydrogen) atoms. The van der Waals surface area contributed by atoms with E-state index in [0.29, 0.717) is 18.3 Å². The minimum absolute atomic E-state index is 0.0131. The van der Waals surface area contributed by atoms with E-state index < -0.39 is 49.0 Å². The smallest absolute Gasteiger partial charge is 0.187 e. The van der Waals surface area contributed by atoms with Crippen LogP contribution in [0.3, 0.4) is 0 Å². The molecule has 8 nitrogen and oxygen atoms in total. The summed E-state index contributed by atoms with van der Waals surface area (Å²) in [5.41, 5.74) is 0.171. The molecule has 0 aromatic carbocycles. The first-order valence-electron chi connectivity index (χ1n) is 17.3. The number of allylic oxidation sites excluding steroid dienone is 2. The zero-order valence-corrected chi connectivity index (χ0v) is 28.5. The van der Waals surface area contributed by atoms with E-state index in [1.54, 1.807) is 0 Å². The van der Waals surface area contributed by atoms with E-state index in [-0.39, 0.29) is 39.6 Å². The highest BCUT2D eigenvalue weighted by atomic mass is 16.7. The first kappa shape index (κ1) is 34.7. The molecule has 5 fully saturated rings. The largest absolute Gasteiger partial charge is 0.394 e. The lowest BCUT2D eigenvalue weighted by Crippen LogP contribution is -2.67. The van der Waals surface area contributed by atoms with Gasteiger partial charge in [0, 0.05) is 0 Å². The average molecular weight is 623 g/mol. The molecule has 4 aliphatic carbocycles. The van der Waals surface area contributed by atoms with Crippen molar-refractivity contribution in [2.45, 2.75) is 162 Å². The summed E-state index contributed by atoms with van der Waals surface area (Å²) >= 11 is 0. The van der Waals surface area contributed by atoms with E-state index in [0.717, 1.165) is 51.4 Å². The molecule has 0 aromatic rings. The second-order valence-corrected chi connectivity index (χ2v) is 17.3. The Labute approximate surface area is 265 Å². The minimum Gasteiger partial charge on any atom is -0.394 e. The minimum atomic E-state index is -1.50. The van der Waals surface area contributed by atoms with Gasteiger partial charge in [-0.15, -0.1) is 0 Å². The van der Waals surface area contributed by atoms with Crippen molar-refractivity contribution in [3.05, 3.63) is 11.6 Å². The van der Waals surface area contributed by atoms with E-state index in [1.165, 1.54) is 5.57 Å². The number of ether oxygens (including phenoxy) is 2. The van der Waals surface area contributed by atoms with Crippen molar-refractivity contribution in [1.82, 2.24) is 0 Å². The Hall–Kier alpha value is -0.580. The highest BCUT2D eigenvalue weighted by molar-refractivity contribution is 5.20. The Morgan fingerprint density at radius 1 is 0.864 bits per heavy atom. The van der Waals surface area contributed by atoms with Gasteiger partial charge in [-0.2, -0.15) is 0 Å². The van der Waals surface area contributed by atoms with Crippen LogP contribution < -0.4 is 0 Å². The Morgan fingerprint density at radius 2 is 1.52 bits per heavy atom. The molecule has 1 heterocycles. The maximum absolute atomic E-state index is 12.2. The third-order valence-corrected chi connectivity index (χ3v) is 14.6. The van der Waals surface area contributed by atoms with E-state index in [2.05, 4.69) is 61.5 Å². The van der Waals surface area contributed by atoms with Crippen LogP contribution in [0.25, 0.3) is 0 Å². The molecular weight excluding hydrogens is 560 g/mol. The second kappa shape index (κ2) is 11.8. The maximum atomic E-state index is 12.2. The van der Waals surface area contributed by atoms with Gasteiger partial charge in [0.2, 0.25) is 0 Å². The molecule has 8 heteroatoms. The highest BCUT2D eigenvalue weighted by Gasteiger charge is 2.71. The van der Waals surface area contributed by atoms with Gasteiger partial charge < -0.3 is 40.1 Å². The van der Waals surface area contributed by atoms with Gasteiger partial charge >= 0.3 is 0 Å². The number of rotatable bonds is 7. The zero-order chi connectivity index (χ0) is 32.6. The summed E-state index contributed by atoms with van der Waals surface area (Å²) in [4.78, 5) is 0. The Morgan fingerprint density at radius 3 is 2.16 bits per heavy atom. The molecule has 0 bridgehead atoms. The lowest BCUT2D eigenvalue weighted by atomic mass is 9.35. The topological polar surface area (TPSA) is 140 Å². The van der Waals surface area contributed by atoms with Crippen LogP contribution in [0.15, 0.2) is 11.6 Å². The monoisotopic (exact) mass is 622 g/mol. The van der Waals surface area contributed by atoms with Crippen molar-refractivity contribution in [3.63, 3.8) is 0 Å². The average Bonchev–Trinajstić information content (AvgIpc) is 3.33. The van der Waals surface area contributed by atoms with Gasteiger partial charge in [0.25, 0.3) is 0 Å². The molecule has 6 N–H and O–H groups in total. The number of fused-ring (bicyclic) bond motifs is 5. The van der Waals surface area contributed by atoms with Crippen LogP contribution in [0, 0.1) is 45.3 Å². The molecule has 254 valence electrons. The highest BCUT2D eigenvalue weighted by Crippen LogP contribution is 2.76. The molecule has 1 unspecified atom stereocenters. The van der Waals surface area contributed by atoms with Gasteiger partial charge in [-0.3, -0.25) is 0 Å². The molecule has 5 aliphatic rings. The van der Waals surface area contributed by atoms with Gasteiger partial charge in [0.1, 0.15) is 24.4 Å². The number of aliphatic hydroxyl groups is 6. The molecule has 1 aliphatic heterocycles. The second-order valence-electron chi connectivity index (χ2n) is 17.3. The summed E-state index contributed by atoms with van der Waals surface area (Å²) in [6.07, 6.45) is 2.60. The standard InChI is InChI=1S/C36H62O8/c1-20(2)10-9-14-36(8,44-31-30(42)29(41)28(40)23(19-37)43-31)21-11-16-35(7)27(21)22(38)18-25-33(5)15-13-26(39)32(3,4)24(33)12-17-34(25,35)6/h10,21-31,37-42H,9,11-19H2,1-8H3/t21-,22+,23+,24-,25+,26-,27?,28+,29-,30+,31-,33-,34+,35+,36-/m0/s1. The van der Waals surface area contributed by atoms with Gasteiger partial charge in [0.05, 0.1) is 24.4 Å². The van der Waals surface area contributed by atoms with Crippen molar-refractivity contribution in [2.24, 2.45) is 45.3 Å². The van der Waals surface area contributed by atoms with E-state index >= 15 is 0 Å². The Kier molecular flexibility index (Phi) is 9.35. The van der Waals surface area contributed by atoms with Crippen molar-refractivity contribution in [3.8, 4) is 0 Å². The summed E-state index contributed by atoms with van der Waals surface area (Å²) in [6, 6.07) is 0. The summed E-state index contributed by atoms with van der Waals surface area (Å²) in [5.74, 6) is 0.713. The predicted octanol–water partition coefficient (Wildman–Crippen LogP) is 4.32. The molecule has 1 saturated heterocycles. The first-order valence-corrected chi connectivity index (χ1v) is 17.3. The molecule has 0 spiro atoms. The molecule has 0 aromatic heterocycles. The molecule has 0 amide bonds. The van der Waals surface area contributed by atoms with Crippen molar-refractivity contribution >= 4 is 0 Å². The van der Waals surface area contributed by atoms with Crippen LogP contribution in [-0.4, -0.2) is 85.8 Å². The normalized spacial score (nSPS) is 51.5. The van der Waals surface area contributed by atoms with E-state index in [9.17, 15) is 30.6 Å². The van der Waals surface area contributed by atoms with Crippen LogP contribution in [0.2, 0.25) is 0 Å². The fourth-order valence-electron chi connectivity index (χ4n) is 11.8. The Bertz CT molecular complexity index is 1070. The lowest BCUT2D eigenvalue weighted by molar-refractivity contribution is -0.336. The van der Waals surface area contributed by atoms with Crippen LogP contribution in [-0.2, 0) is 9.47 Å². The van der Waals surface area contributed by atoms with Gasteiger partial charge in [0.15, 0.2) is 6.29 Å². The van der Waals surface area contributed by atoms with Crippen molar-refractivity contribution < 1.29 is 40.1 Å². The van der Waals surface area contributed by atoms with Crippen LogP contribution in [0.5, 0.6) is 0 Å². The SMILES string of the molecule is CC(C)=CCC[C@](C)(O[C@@H]1O[C@H](CO)[C@@H](O)[C@H](O)[C@H]1O)[C@H]1CC[C@]2(C)C1[C@H](O)C[C@@H]1[C@@]3(C)CC[C@H](O)C(C)(C)[C@@H]3CC[C@]12C. The summed E-state index contributed by atoms with van der Waals surface area (Å²) < 4.78 is 12.6. The predicted molar refractivity (Wildman–Crippen MR) is 168 cm³/mol. The quantitative estimate of drug-likeness (QED) is 0.231. The van der Waals surface area contributed by atoms with Crippen molar-refractivity contribution in [2.75, 3.05) is 6.61 Å². The summed E-state index contributed by atoms with van der Waals surface area (Å²) in [7, 11) is 0. The lowest BCUT2D eigenvalue weighted by Gasteiger charge is -2.70. The maximum Gasteiger partial charge on any atom is 0.187 e. The van der Waals surface area contributed by atoms with Crippen molar-refractivity contribution in [1.29, 1.82) is 0 Å². The number of hydrogen-bond donors (Lipinski definition) is 6. The van der Waals surface area contributed by atoms with E-state index in [4.69, 9.17) is 9.47 Å².